The largest absolute Gasteiger partial charge is 0.381 e. The molecule has 0 bridgehead atoms. The Balaban J connectivity index is 1.39. The van der Waals surface area contributed by atoms with Gasteiger partial charge >= 0.3 is 0 Å². The topological polar surface area (TPSA) is 60.2 Å². The second kappa shape index (κ2) is 5.09. The molecule has 1 spiro atoms. The van der Waals surface area contributed by atoms with E-state index in [0.717, 1.165) is 38.5 Å². The second-order valence-corrected chi connectivity index (χ2v) is 6.69. The van der Waals surface area contributed by atoms with Crippen LogP contribution in [-0.4, -0.2) is 51.6 Å². The van der Waals surface area contributed by atoms with Gasteiger partial charge < -0.3 is 9.64 Å². The number of ether oxygens (including phenoxy) is 1. The van der Waals surface area contributed by atoms with E-state index >= 15 is 0 Å². The third-order valence-electron chi connectivity index (χ3n) is 5.35. The molecule has 2 aliphatic heterocycles. The molecule has 6 heteroatoms. The van der Waals surface area contributed by atoms with Crippen LogP contribution in [0.2, 0.25) is 0 Å². The van der Waals surface area contributed by atoms with Crippen molar-refractivity contribution in [2.24, 2.45) is 11.3 Å². The number of likely N-dealkylation sites (tertiary alicyclic amines) is 1. The maximum atomic E-state index is 12.5. The quantitative estimate of drug-likeness (QED) is 0.833. The Morgan fingerprint density at radius 1 is 1.33 bits per heavy atom. The lowest BCUT2D eigenvalue weighted by Crippen LogP contribution is -2.68. The second-order valence-electron chi connectivity index (χ2n) is 6.69. The van der Waals surface area contributed by atoms with E-state index in [2.05, 4.69) is 15.2 Å². The molecular weight excluding hydrogens is 268 g/mol. The van der Waals surface area contributed by atoms with Crippen LogP contribution in [0.25, 0.3) is 0 Å². The molecule has 1 unspecified atom stereocenters. The van der Waals surface area contributed by atoms with Gasteiger partial charge in [0, 0.05) is 43.8 Å². The maximum absolute atomic E-state index is 12.5. The number of aromatic nitrogens is 3. The molecule has 1 amide bonds. The summed E-state index contributed by atoms with van der Waals surface area (Å²) in [6, 6.07) is 0.477. The molecule has 21 heavy (non-hydrogen) atoms. The first kappa shape index (κ1) is 13.2. The molecule has 6 nitrogen and oxygen atoms in total. The highest BCUT2D eigenvalue weighted by Crippen LogP contribution is 2.54. The van der Waals surface area contributed by atoms with Gasteiger partial charge in [0.2, 0.25) is 5.91 Å². The van der Waals surface area contributed by atoms with Gasteiger partial charge in [-0.1, -0.05) is 5.21 Å². The van der Waals surface area contributed by atoms with Crippen LogP contribution in [0.15, 0.2) is 12.4 Å². The number of nitrogens with zero attached hydrogens (tertiary/aromatic N) is 4. The van der Waals surface area contributed by atoms with Gasteiger partial charge in [0.05, 0.1) is 12.7 Å². The minimum absolute atomic E-state index is 0.277. The lowest BCUT2D eigenvalue weighted by molar-refractivity contribution is -0.171. The standard InChI is InChI=1S/C15H22N4O2/c20-13(3-7-18-8-6-16-17-18)19-11-15(4-9-21-10-5-15)14(19)12-1-2-12/h6,8,12,14H,1-5,7,9-11H2. The Bertz CT molecular complexity index is 506. The molecule has 3 heterocycles. The summed E-state index contributed by atoms with van der Waals surface area (Å²) in [5.74, 6) is 1.02. The van der Waals surface area contributed by atoms with Gasteiger partial charge in [0.25, 0.3) is 0 Å². The minimum Gasteiger partial charge on any atom is -0.381 e. The van der Waals surface area contributed by atoms with E-state index in [0.29, 0.717) is 24.4 Å². The first-order chi connectivity index (χ1) is 10.3. The van der Waals surface area contributed by atoms with E-state index in [-0.39, 0.29) is 5.91 Å². The smallest absolute Gasteiger partial charge is 0.224 e. The molecule has 3 fully saturated rings. The van der Waals surface area contributed by atoms with Crippen molar-refractivity contribution >= 4 is 5.91 Å². The van der Waals surface area contributed by atoms with Gasteiger partial charge in [-0.2, -0.15) is 0 Å². The highest BCUT2D eigenvalue weighted by atomic mass is 16.5. The van der Waals surface area contributed by atoms with Crippen molar-refractivity contribution in [3.05, 3.63) is 12.4 Å². The van der Waals surface area contributed by atoms with E-state index in [9.17, 15) is 4.79 Å². The number of rotatable bonds is 4. The number of hydrogen-bond donors (Lipinski definition) is 0. The third kappa shape index (κ3) is 2.35. The summed E-state index contributed by atoms with van der Waals surface area (Å²) in [5.41, 5.74) is 0.363. The zero-order chi connectivity index (χ0) is 14.3. The molecule has 1 aromatic heterocycles. The Labute approximate surface area is 124 Å². The fraction of sp³-hybridized carbons (Fsp3) is 0.800. The molecule has 114 valence electrons. The molecule has 0 radical (unpaired) electrons. The van der Waals surface area contributed by atoms with Crippen LogP contribution in [0.1, 0.15) is 32.1 Å². The van der Waals surface area contributed by atoms with Gasteiger partial charge in [-0.25, -0.2) is 0 Å². The summed E-state index contributed by atoms with van der Waals surface area (Å²) >= 11 is 0. The highest BCUT2D eigenvalue weighted by molar-refractivity contribution is 5.78. The van der Waals surface area contributed by atoms with Crippen LogP contribution in [0, 0.1) is 11.3 Å². The van der Waals surface area contributed by atoms with Gasteiger partial charge in [-0.05, 0) is 31.6 Å². The number of hydrogen-bond acceptors (Lipinski definition) is 4. The molecule has 4 rings (SSSR count). The van der Waals surface area contributed by atoms with Crippen molar-refractivity contribution in [3.8, 4) is 0 Å². The van der Waals surface area contributed by atoms with Crippen molar-refractivity contribution in [1.82, 2.24) is 19.9 Å². The number of carbonyl (C=O) groups excluding carboxylic acids is 1. The van der Waals surface area contributed by atoms with E-state index in [4.69, 9.17) is 4.74 Å². The monoisotopic (exact) mass is 290 g/mol. The van der Waals surface area contributed by atoms with Gasteiger partial charge in [-0.3, -0.25) is 9.48 Å². The molecule has 1 saturated carbocycles. The predicted molar refractivity (Wildman–Crippen MR) is 75.4 cm³/mol. The number of carbonyl (C=O) groups is 1. The summed E-state index contributed by atoms with van der Waals surface area (Å²) < 4.78 is 7.25. The first-order valence-electron chi connectivity index (χ1n) is 8.00. The van der Waals surface area contributed by atoms with Crippen LogP contribution >= 0.6 is 0 Å². The molecule has 3 aliphatic rings. The van der Waals surface area contributed by atoms with Crippen molar-refractivity contribution in [2.45, 2.75) is 44.7 Å². The van der Waals surface area contributed by atoms with Crippen LogP contribution < -0.4 is 0 Å². The predicted octanol–water partition coefficient (Wildman–Crippen LogP) is 1.09. The summed E-state index contributed by atoms with van der Waals surface area (Å²) in [4.78, 5) is 14.7. The van der Waals surface area contributed by atoms with Crippen molar-refractivity contribution in [3.63, 3.8) is 0 Å². The van der Waals surface area contributed by atoms with Gasteiger partial charge in [0.15, 0.2) is 0 Å². The lowest BCUT2D eigenvalue weighted by Gasteiger charge is -2.59. The molecule has 2 saturated heterocycles. The molecule has 0 N–H and O–H groups in total. The fourth-order valence-electron chi connectivity index (χ4n) is 4.10. The van der Waals surface area contributed by atoms with Crippen molar-refractivity contribution in [2.75, 3.05) is 19.8 Å². The summed E-state index contributed by atoms with van der Waals surface area (Å²) in [6.07, 6.45) is 8.82. The highest BCUT2D eigenvalue weighted by Gasteiger charge is 2.59. The fourth-order valence-corrected chi connectivity index (χ4v) is 4.10. The van der Waals surface area contributed by atoms with E-state index in [1.165, 1.54) is 12.8 Å². The zero-order valence-electron chi connectivity index (χ0n) is 12.3. The third-order valence-corrected chi connectivity index (χ3v) is 5.35. The SMILES string of the molecule is O=C(CCn1ccnn1)N1CC2(CCOCC2)C1C1CC1. The Morgan fingerprint density at radius 3 is 2.81 bits per heavy atom. The van der Waals surface area contributed by atoms with Gasteiger partial charge in [0.1, 0.15) is 0 Å². The Kier molecular flexibility index (Phi) is 3.21. The van der Waals surface area contributed by atoms with Crippen LogP contribution in [0.3, 0.4) is 0 Å². The van der Waals surface area contributed by atoms with E-state index in [1.807, 2.05) is 6.20 Å². The summed E-state index contributed by atoms with van der Waals surface area (Å²) in [5, 5.41) is 7.70. The normalized spacial score (nSPS) is 27.6. The summed E-state index contributed by atoms with van der Waals surface area (Å²) in [6.45, 7) is 3.30. The molecule has 1 atom stereocenters. The first-order valence-corrected chi connectivity index (χ1v) is 8.00. The molecule has 1 aliphatic carbocycles. The van der Waals surface area contributed by atoms with Crippen LogP contribution in [-0.2, 0) is 16.1 Å². The van der Waals surface area contributed by atoms with E-state index < -0.39 is 0 Å². The maximum Gasteiger partial charge on any atom is 0.224 e. The minimum atomic E-state index is 0.277. The summed E-state index contributed by atoms with van der Waals surface area (Å²) in [7, 11) is 0. The average molecular weight is 290 g/mol. The lowest BCUT2D eigenvalue weighted by atomic mass is 9.64. The van der Waals surface area contributed by atoms with Gasteiger partial charge in [-0.15, -0.1) is 5.10 Å². The zero-order valence-corrected chi connectivity index (χ0v) is 12.3. The van der Waals surface area contributed by atoms with Crippen LogP contribution in [0.4, 0.5) is 0 Å². The Hall–Kier alpha value is -1.43. The number of amides is 1. The Morgan fingerprint density at radius 2 is 2.14 bits per heavy atom. The number of aryl methyl sites for hydroxylation is 1. The van der Waals surface area contributed by atoms with E-state index in [1.54, 1.807) is 10.9 Å². The molecular formula is C15H22N4O2. The molecule has 1 aromatic rings. The van der Waals surface area contributed by atoms with Crippen LogP contribution in [0.5, 0.6) is 0 Å². The average Bonchev–Trinajstić information content (AvgIpc) is 3.16. The molecule has 0 aromatic carbocycles. The van der Waals surface area contributed by atoms with Crippen molar-refractivity contribution < 1.29 is 9.53 Å². The van der Waals surface area contributed by atoms with Crippen molar-refractivity contribution in [1.29, 1.82) is 0 Å².